The normalized spacial score (nSPS) is 23.3. The number of nitrogens with zero attached hydrogens (tertiary/aromatic N) is 2. The second kappa shape index (κ2) is 5.08. The molecule has 0 radical (unpaired) electrons. The van der Waals surface area contributed by atoms with E-state index < -0.39 is 0 Å². The Morgan fingerprint density at radius 1 is 1.08 bits per heavy atom. The first kappa shape index (κ1) is 14.1. The van der Waals surface area contributed by atoms with Crippen molar-refractivity contribution in [2.75, 3.05) is 19.6 Å². The van der Waals surface area contributed by atoms with Gasteiger partial charge in [0.15, 0.2) is 0 Å². The Morgan fingerprint density at radius 2 is 1.92 bits per heavy atom. The second-order valence-corrected chi connectivity index (χ2v) is 7.13. The van der Waals surface area contributed by atoms with Gasteiger partial charge in [-0.05, 0) is 43.1 Å². The van der Waals surface area contributed by atoms with Crippen LogP contribution in [0.3, 0.4) is 0 Å². The lowest BCUT2D eigenvalue weighted by Gasteiger charge is -2.17. The van der Waals surface area contributed by atoms with Crippen molar-refractivity contribution in [3.05, 3.63) is 48.0 Å². The lowest BCUT2D eigenvalue weighted by molar-refractivity contribution is 0.0783. The highest BCUT2D eigenvalue weighted by molar-refractivity contribution is 6.10. The monoisotopic (exact) mass is 319 g/mol. The molecule has 1 N–H and O–H groups in total. The molecule has 3 aromatic rings. The first-order chi connectivity index (χ1) is 11.7. The summed E-state index contributed by atoms with van der Waals surface area (Å²) in [4.78, 5) is 15.0. The second-order valence-electron chi connectivity index (χ2n) is 7.13. The van der Waals surface area contributed by atoms with Crippen LogP contribution in [0.1, 0.15) is 16.8 Å². The maximum atomic E-state index is 13.0. The van der Waals surface area contributed by atoms with E-state index in [4.69, 9.17) is 0 Å². The minimum absolute atomic E-state index is 0.168. The van der Waals surface area contributed by atoms with Crippen molar-refractivity contribution in [3.8, 4) is 0 Å². The van der Waals surface area contributed by atoms with E-state index in [-0.39, 0.29) is 5.91 Å². The molecule has 2 aromatic carbocycles. The molecule has 3 heterocycles. The Balaban J connectivity index is 1.55. The molecule has 2 aliphatic heterocycles. The van der Waals surface area contributed by atoms with Gasteiger partial charge in [0.2, 0.25) is 0 Å². The van der Waals surface area contributed by atoms with E-state index in [0.717, 1.165) is 30.6 Å². The molecule has 4 heteroatoms. The largest absolute Gasteiger partial charge is 0.344 e. The number of nitrogens with one attached hydrogen (secondary N) is 1. The van der Waals surface area contributed by atoms with Crippen molar-refractivity contribution in [2.45, 2.75) is 12.5 Å². The number of aromatic nitrogens is 1. The molecule has 2 aliphatic rings. The van der Waals surface area contributed by atoms with E-state index >= 15 is 0 Å². The quantitative estimate of drug-likeness (QED) is 0.749. The first-order valence-electron chi connectivity index (χ1n) is 8.72. The minimum Gasteiger partial charge on any atom is -0.344 e. The van der Waals surface area contributed by atoms with Gasteiger partial charge in [-0.15, -0.1) is 0 Å². The average Bonchev–Trinajstić information content (AvgIpc) is 3.28. The highest BCUT2D eigenvalue weighted by Gasteiger charge is 2.38. The lowest BCUT2D eigenvalue weighted by atomic mass is 10.1. The molecule has 0 spiro atoms. The third-order valence-corrected chi connectivity index (χ3v) is 5.81. The van der Waals surface area contributed by atoms with Crippen molar-refractivity contribution in [3.63, 3.8) is 0 Å². The zero-order valence-corrected chi connectivity index (χ0v) is 13.8. The predicted molar refractivity (Wildman–Crippen MR) is 96.2 cm³/mol. The molecule has 0 aliphatic carbocycles. The first-order valence-corrected chi connectivity index (χ1v) is 8.72. The van der Waals surface area contributed by atoms with Crippen LogP contribution in [-0.2, 0) is 7.05 Å². The van der Waals surface area contributed by atoms with E-state index in [2.05, 4.69) is 53.3 Å². The van der Waals surface area contributed by atoms with Gasteiger partial charge in [-0.25, -0.2) is 0 Å². The maximum absolute atomic E-state index is 13.0. The number of amides is 1. The maximum Gasteiger partial charge on any atom is 0.253 e. The van der Waals surface area contributed by atoms with Crippen LogP contribution in [0, 0.1) is 5.92 Å². The third kappa shape index (κ3) is 1.93. The molecular weight excluding hydrogens is 298 g/mol. The third-order valence-electron chi connectivity index (χ3n) is 5.81. The number of carbonyl (C=O) groups excluding carboxylic acids is 1. The van der Waals surface area contributed by atoms with Crippen LogP contribution in [-0.4, -0.2) is 41.1 Å². The van der Waals surface area contributed by atoms with Gasteiger partial charge in [0.1, 0.15) is 0 Å². The molecule has 122 valence electrons. The number of aryl methyl sites for hydroxylation is 1. The summed E-state index contributed by atoms with van der Waals surface area (Å²) in [5, 5.41) is 5.89. The molecule has 2 saturated heterocycles. The van der Waals surface area contributed by atoms with E-state index in [9.17, 15) is 4.79 Å². The van der Waals surface area contributed by atoms with Crippen molar-refractivity contribution in [2.24, 2.45) is 13.0 Å². The molecule has 4 nitrogen and oxygen atoms in total. The van der Waals surface area contributed by atoms with E-state index in [1.54, 1.807) is 0 Å². The summed E-state index contributed by atoms with van der Waals surface area (Å²) in [7, 11) is 2.08. The van der Waals surface area contributed by atoms with Gasteiger partial charge in [-0.3, -0.25) is 4.79 Å². The number of hydrogen-bond donors (Lipinski definition) is 1. The fourth-order valence-corrected chi connectivity index (χ4v) is 4.50. The number of benzene rings is 2. The summed E-state index contributed by atoms with van der Waals surface area (Å²) in [5.74, 6) is 0.802. The summed E-state index contributed by atoms with van der Waals surface area (Å²) in [6.45, 7) is 2.83. The van der Waals surface area contributed by atoms with Crippen LogP contribution in [0.15, 0.2) is 42.5 Å². The topological polar surface area (TPSA) is 37.3 Å². The molecule has 24 heavy (non-hydrogen) atoms. The number of carbonyl (C=O) groups is 1. The van der Waals surface area contributed by atoms with E-state index in [0.29, 0.717) is 12.0 Å². The summed E-state index contributed by atoms with van der Waals surface area (Å²) in [6, 6.07) is 15.0. The summed E-state index contributed by atoms with van der Waals surface area (Å²) < 4.78 is 2.20. The molecule has 0 saturated carbocycles. The Kier molecular flexibility index (Phi) is 2.98. The lowest BCUT2D eigenvalue weighted by Crippen LogP contribution is -2.33. The summed E-state index contributed by atoms with van der Waals surface area (Å²) in [5.41, 5.74) is 3.18. The van der Waals surface area contributed by atoms with Crippen LogP contribution in [0.4, 0.5) is 0 Å². The zero-order chi connectivity index (χ0) is 16.3. The van der Waals surface area contributed by atoms with Gasteiger partial charge in [0.05, 0.1) is 0 Å². The van der Waals surface area contributed by atoms with Crippen LogP contribution < -0.4 is 5.32 Å². The van der Waals surface area contributed by atoms with Crippen LogP contribution in [0.25, 0.3) is 21.8 Å². The Bertz CT molecular complexity index is 946. The number of hydrogen-bond acceptors (Lipinski definition) is 2. The molecule has 2 atom stereocenters. The summed E-state index contributed by atoms with van der Waals surface area (Å²) in [6.07, 6.45) is 1.19. The van der Waals surface area contributed by atoms with Crippen molar-refractivity contribution in [1.82, 2.24) is 14.8 Å². The fraction of sp³-hybridized carbons (Fsp3) is 0.350. The smallest absolute Gasteiger partial charge is 0.253 e. The molecule has 0 bridgehead atoms. The molecule has 5 rings (SSSR count). The predicted octanol–water partition coefficient (Wildman–Crippen LogP) is 2.77. The highest BCUT2D eigenvalue weighted by atomic mass is 16.2. The number of para-hydroxylation sites is 1. The van der Waals surface area contributed by atoms with Crippen molar-refractivity contribution in [1.29, 1.82) is 0 Å². The Hall–Kier alpha value is -2.33. The fourth-order valence-electron chi connectivity index (χ4n) is 4.50. The molecule has 2 fully saturated rings. The van der Waals surface area contributed by atoms with Crippen LogP contribution in [0.5, 0.6) is 0 Å². The molecular formula is C20H21N3O. The van der Waals surface area contributed by atoms with Crippen LogP contribution >= 0.6 is 0 Å². The minimum atomic E-state index is 0.168. The van der Waals surface area contributed by atoms with Gasteiger partial charge >= 0.3 is 0 Å². The Labute approximate surface area is 141 Å². The molecule has 1 aromatic heterocycles. The molecule has 1 amide bonds. The standard InChI is InChI=1S/C20H21N3O/c1-22-18-5-3-2-4-15(18)16-10-13(6-7-19(16)22)20(24)23-11-14-8-9-21-17(14)12-23/h2-7,10,14,17,21H,8-9,11-12H2,1H3/t14-,17+/m0/s1. The average molecular weight is 319 g/mol. The van der Waals surface area contributed by atoms with Gasteiger partial charge < -0.3 is 14.8 Å². The zero-order valence-electron chi connectivity index (χ0n) is 13.8. The Morgan fingerprint density at radius 3 is 2.79 bits per heavy atom. The van der Waals surface area contributed by atoms with Crippen molar-refractivity contribution < 1.29 is 4.79 Å². The van der Waals surface area contributed by atoms with Crippen LogP contribution in [0.2, 0.25) is 0 Å². The summed E-state index contributed by atoms with van der Waals surface area (Å²) >= 11 is 0. The molecule has 0 unspecified atom stereocenters. The van der Waals surface area contributed by atoms with E-state index in [1.807, 2.05) is 11.0 Å². The van der Waals surface area contributed by atoms with Gasteiger partial charge in [0, 0.05) is 53.5 Å². The highest BCUT2D eigenvalue weighted by Crippen LogP contribution is 2.30. The number of likely N-dealkylation sites (tertiary alicyclic amines) is 1. The van der Waals surface area contributed by atoms with Gasteiger partial charge in [-0.2, -0.15) is 0 Å². The number of rotatable bonds is 1. The number of fused-ring (bicyclic) bond motifs is 4. The van der Waals surface area contributed by atoms with Gasteiger partial charge in [-0.1, -0.05) is 18.2 Å². The SMILES string of the molecule is Cn1c2ccccc2c2cc(C(=O)N3C[C@@H]4CCN[C@@H]4C3)ccc21. The van der Waals surface area contributed by atoms with Gasteiger partial charge in [0.25, 0.3) is 5.91 Å². The van der Waals surface area contributed by atoms with E-state index in [1.165, 1.54) is 22.8 Å². The van der Waals surface area contributed by atoms with Crippen molar-refractivity contribution >= 4 is 27.7 Å².